The SMILES string of the molecule is CC1(C)CCC(NC(=O)c2cccc(F)c2N)CC1. The summed E-state index contributed by atoms with van der Waals surface area (Å²) in [5.74, 6) is -0.820. The zero-order valence-electron chi connectivity index (χ0n) is 11.5. The molecule has 4 heteroatoms. The summed E-state index contributed by atoms with van der Waals surface area (Å²) >= 11 is 0. The van der Waals surface area contributed by atoms with Gasteiger partial charge < -0.3 is 11.1 Å². The molecule has 0 aliphatic heterocycles. The molecule has 0 unspecified atom stereocenters. The highest BCUT2D eigenvalue weighted by Crippen LogP contribution is 2.35. The summed E-state index contributed by atoms with van der Waals surface area (Å²) in [4.78, 5) is 12.1. The summed E-state index contributed by atoms with van der Waals surface area (Å²) in [7, 11) is 0. The van der Waals surface area contributed by atoms with Crippen molar-refractivity contribution in [2.24, 2.45) is 5.41 Å². The molecule has 3 nitrogen and oxygen atoms in total. The van der Waals surface area contributed by atoms with Gasteiger partial charge in [0, 0.05) is 6.04 Å². The summed E-state index contributed by atoms with van der Waals surface area (Å²) in [6.07, 6.45) is 4.12. The van der Waals surface area contributed by atoms with Gasteiger partial charge in [0.25, 0.3) is 5.91 Å². The normalized spacial score (nSPS) is 19.1. The Morgan fingerprint density at radius 1 is 1.37 bits per heavy atom. The van der Waals surface area contributed by atoms with Gasteiger partial charge in [0.05, 0.1) is 11.3 Å². The van der Waals surface area contributed by atoms with Gasteiger partial charge in [0.15, 0.2) is 0 Å². The maximum atomic E-state index is 13.3. The standard InChI is InChI=1S/C15H21FN2O/c1-15(2)8-6-10(7-9-15)18-14(19)11-4-3-5-12(16)13(11)17/h3-5,10H,6-9,17H2,1-2H3,(H,18,19). The van der Waals surface area contributed by atoms with E-state index in [9.17, 15) is 9.18 Å². The van der Waals surface area contributed by atoms with Gasteiger partial charge in [0.1, 0.15) is 5.82 Å². The molecule has 1 amide bonds. The molecule has 0 atom stereocenters. The number of rotatable bonds is 2. The van der Waals surface area contributed by atoms with Crippen LogP contribution in [0.15, 0.2) is 18.2 Å². The van der Waals surface area contributed by atoms with E-state index in [4.69, 9.17) is 5.73 Å². The number of hydrogen-bond donors (Lipinski definition) is 2. The number of carbonyl (C=O) groups excluding carboxylic acids is 1. The summed E-state index contributed by atoms with van der Waals surface area (Å²) < 4.78 is 13.3. The average molecular weight is 264 g/mol. The second kappa shape index (κ2) is 5.19. The van der Waals surface area contributed by atoms with Crippen LogP contribution in [0.1, 0.15) is 49.9 Å². The lowest BCUT2D eigenvalue weighted by Crippen LogP contribution is -2.39. The van der Waals surface area contributed by atoms with E-state index in [1.54, 1.807) is 6.07 Å². The minimum atomic E-state index is -0.544. The van der Waals surface area contributed by atoms with Crippen LogP contribution in [-0.4, -0.2) is 11.9 Å². The Balaban J connectivity index is 2.00. The van der Waals surface area contributed by atoms with Crippen LogP contribution in [0.25, 0.3) is 0 Å². The van der Waals surface area contributed by atoms with Crippen molar-refractivity contribution >= 4 is 11.6 Å². The van der Waals surface area contributed by atoms with Crippen LogP contribution in [0.2, 0.25) is 0 Å². The van der Waals surface area contributed by atoms with E-state index >= 15 is 0 Å². The molecule has 0 bridgehead atoms. The van der Waals surface area contributed by atoms with Crippen LogP contribution in [0, 0.1) is 11.2 Å². The zero-order chi connectivity index (χ0) is 14.0. The Hall–Kier alpha value is -1.58. The molecule has 3 N–H and O–H groups in total. The van der Waals surface area contributed by atoms with Gasteiger partial charge in [-0.2, -0.15) is 0 Å². The lowest BCUT2D eigenvalue weighted by molar-refractivity contribution is 0.0909. The first-order valence-corrected chi connectivity index (χ1v) is 6.74. The third-order valence-electron chi connectivity index (χ3n) is 3.97. The van der Waals surface area contributed by atoms with Crippen LogP contribution in [0.3, 0.4) is 0 Å². The molecule has 1 fully saturated rings. The molecule has 1 aliphatic carbocycles. The van der Waals surface area contributed by atoms with Gasteiger partial charge in [-0.1, -0.05) is 19.9 Å². The van der Waals surface area contributed by atoms with Gasteiger partial charge in [0.2, 0.25) is 0 Å². The van der Waals surface area contributed by atoms with Crippen LogP contribution < -0.4 is 11.1 Å². The molecule has 1 saturated carbocycles. The number of nitrogen functional groups attached to an aromatic ring is 1. The molecule has 0 radical (unpaired) electrons. The van der Waals surface area contributed by atoms with E-state index in [0.717, 1.165) is 25.7 Å². The van der Waals surface area contributed by atoms with Gasteiger partial charge in [-0.05, 0) is 43.2 Å². The quantitative estimate of drug-likeness (QED) is 0.806. The van der Waals surface area contributed by atoms with Crippen molar-refractivity contribution in [1.29, 1.82) is 0 Å². The van der Waals surface area contributed by atoms with E-state index in [2.05, 4.69) is 19.2 Å². The summed E-state index contributed by atoms with van der Waals surface area (Å²) in [5.41, 5.74) is 6.11. The number of para-hydroxylation sites is 1. The van der Waals surface area contributed by atoms with E-state index in [0.29, 0.717) is 5.41 Å². The van der Waals surface area contributed by atoms with Crippen molar-refractivity contribution in [3.63, 3.8) is 0 Å². The third-order valence-corrected chi connectivity index (χ3v) is 3.97. The minimum absolute atomic E-state index is 0.0730. The molecule has 1 aromatic carbocycles. The predicted molar refractivity (Wildman–Crippen MR) is 74.3 cm³/mol. The molecule has 0 saturated heterocycles. The number of nitrogens with two attached hydrogens (primary N) is 1. The first-order chi connectivity index (χ1) is 8.89. The minimum Gasteiger partial charge on any atom is -0.396 e. The summed E-state index contributed by atoms with van der Waals surface area (Å²) in [6, 6.07) is 4.49. The van der Waals surface area contributed by atoms with E-state index in [1.165, 1.54) is 12.1 Å². The van der Waals surface area contributed by atoms with Crippen LogP contribution in [0.5, 0.6) is 0 Å². The highest BCUT2D eigenvalue weighted by atomic mass is 19.1. The molecule has 0 aromatic heterocycles. The predicted octanol–water partition coefficient (Wildman–Crippen LogP) is 3.11. The van der Waals surface area contributed by atoms with Crippen molar-refractivity contribution in [3.8, 4) is 0 Å². The number of anilines is 1. The summed E-state index contributed by atoms with van der Waals surface area (Å²) in [6.45, 7) is 4.49. The number of carbonyl (C=O) groups is 1. The number of nitrogens with one attached hydrogen (secondary N) is 1. The maximum absolute atomic E-state index is 13.3. The zero-order valence-corrected chi connectivity index (χ0v) is 11.5. The van der Waals surface area contributed by atoms with E-state index < -0.39 is 5.82 Å². The Bertz CT molecular complexity index is 475. The first kappa shape index (κ1) is 13.8. The molecule has 0 spiro atoms. The molecule has 0 heterocycles. The lowest BCUT2D eigenvalue weighted by Gasteiger charge is -2.34. The van der Waals surface area contributed by atoms with E-state index in [-0.39, 0.29) is 23.2 Å². The Morgan fingerprint density at radius 3 is 2.63 bits per heavy atom. The Kier molecular flexibility index (Phi) is 3.78. The van der Waals surface area contributed by atoms with Gasteiger partial charge in [-0.25, -0.2) is 4.39 Å². The lowest BCUT2D eigenvalue weighted by atomic mass is 9.75. The first-order valence-electron chi connectivity index (χ1n) is 6.74. The highest BCUT2D eigenvalue weighted by Gasteiger charge is 2.28. The second-order valence-electron chi connectivity index (χ2n) is 6.11. The smallest absolute Gasteiger partial charge is 0.253 e. The number of benzene rings is 1. The van der Waals surface area contributed by atoms with Gasteiger partial charge >= 0.3 is 0 Å². The maximum Gasteiger partial charge on any atom is 0.253 e. The van der Waals surface area contributed by atoms with Crippen LogP contribution >= 0.6 is 0 Å². The van der Waals surface area contributed by atoms with Gasteiger partial charge in [-0.15, -0.1) is 0 Å². The van der Waals surface area contributed by atoms with Crippen molar-refractivity contribution in [2.75, 3.05) is 5.73 Å². The van der Waals surface area contributed by atoms with Crippen LogP contribution in [0.4, 0.5) is 10.1 Å². The molecule has 2 rings (SSSR count). The molecule has 19 heavy (non-hydrogen) atoms. The van der Waals surface area contributed by atoms with Crippen molar-refractivity contribution in [1.82, 2.24) is 5.32 Å². The fraction of sp³-hybridized carbons (Fsp3) is 0.533. The Labute approximate surface area is 113 Å². The molecule has 104 valence electrons. The monoisotopic (exact) mass is 264 g/mol. The van der Waals surface area contributed by atoms with Crippen LogP contribution in [-0.2, 0) is 0 Å². The van der Waals surface area contributed by atoms with Crippen molar-refractivity contribution in [3.05, 3.63) is 29.6 Å². The topological polar surface area (TPSA) is 55.1 Å². The molecule has 1 aromatic rings. The number of hydrogen-bond acceptors (Lipinski definition) is 2. The summed E-state index contributed by atoms with van der Waals surface area (Å²) in [5, 5.41) is 2.96. The largest absolute Gasteiger partial charge is 0.396 e. The van der Waals surface area contributed by atoms with Crippen molar-refractivity contribution in [2.45, 2.75) is 45.6 Å². The molecular formula is C15H21FN2O. The fourth-order valence-corrected chi connectivity index (χ4v) is 2.54. The molecule has 1 aliphatic rings. The van der Waals surface area contributed by atoms with Gasteiger partial charge in [-0.3, -0.25) is 4.79 Å². The average Bonchev–Trinajstić information content (AvgIpc) is 2.35. The molecular weight excluding hydrogens is 243 g/mol. The van der Waals surface area contributed by atoms with E-state index in [1.807, 2.05) is 0 Å². The highest BCUT2D eigenvalue weighted by molar-refractivity contribution is 5.99. The fourth-order valence-electron chi connectivity index (χ4n) is 2.54. The van der Waals surface area contributed by atoms with Crippen molar-refractivity contribution < 1.29 is 9.18 Å². The Morgan fingerprint density at radius 2 is 2.00 bits per heavy atom. The third kappa shape index (κ3) is 3.25. The second-order valence-corrected chi connectivity index (χ2v) is 6.11. The number of amides is 1. The number of halogens is 1.